The van der Waals surface area contributed by atoms with Gasteiger partial charge in [0.25, 0.3) is 0 Å². The van der Waals surface area contributed by atoms with E-state index in [0.29, 0.717) is 5.82 Å². The molecule has 0 radical (unpaired) electrons. The molecule has 0 fully saturated rings. The van der Waals surface area contributed by atoms with Crippen LogP contribution >= 0.6 is 0 Å². The van der Waals surface area contributed by atoms with Gasteiger partial charge in [0.05, 0.1) is 17.9 Å². The molecule has 2 rings (SSSR count). The zero-order valence-corrected chi connectivity index (χ0v) is 9.38. The van der Waals surface area contributed by atoms with E-state index in [1.54, 1.807) is 6.20 Å². The average Bonchev–Trinajstić information content (AvgIpc) is 2.39. The average molecular weight is 214 g/mol. The molecule has 4 nitrogen and oxygen atoms in total. The molecule has 0 aliphatic heterocycles. The van der Waals surface area contributed by atoms with E-state index >= 15 is 0 Å². The van der Waals surface area contributed by atoms with Crippen molar-refractivity contribution in [2.45, 2.75) is 13.0 Å². The fourth-order valence-corrected chi connectivity index (χ4v) is 1.38. The number of nitrogens with one attached hydrogen (secondary N) is 1. The van der Waals surface area contributed by atoms with Gasteiger partial charge in [0.15, 0.2) is 5.82 Å². The van der Waals surface area contributed by atoms with E-state index in [2.05, 4.69) is 20.5 Å². The molecule has 16 heavy (non-hydrogen) atoms. The SMILES string of the molecule is CNC(C)c1nncc(-c2ccccc2)n1. The predicted molar refractivity (Wildman–Crippen MR) is 62.7 cm³/mol. The van der Waals surface area contributed by atoms with Gasteiger partial charge in [0, 0.05) is 5.56 Å². The molecule has 1 atom stereocenters. The van der Waals surface area contributed by atoms with Crippen LogP contribution in [0.3, 0.4) is 0 Å². The maximum absolute atomic E-state index is 4.48. The minimum Gasteiger partial charge on any atom is -0.311 e. The molecule has 4 heteroatoms. The third kappa shape index (κ3) is 2.23. The van der Waals surface area contributed by atoms with Crippen LogP contribution in [-0.2, 0) is 0 Å². The highest BCUT2D eigenvalue weighted by Crippen LogP contribution is 2.16. The molecule has 0 aliphatic carbocycles. The number of hydrogen-bond acceptors (Lipinski definition) is 4. The van der Waals surface area contributed by atoms with Crippen molar-refractivity contribution in [1.82, 2.24) is 20.5 Å². The van der Waals surface area contributed by atoms with Crippen molar-refractivity contribution in [2.75, 3.05) is 7.05 Å². The zero-order valence-electron chi connectivity index (χ0n) is 9.38. The first-order valence-corrected chi connectivity index (χ1v) is 5.23. The summed E-state index contributed by atoms with van der Waals surface area (Å²) in [6, 6.07) is 10.1. The number of benzene rings is 1. The van der Waals surface area contributed by atoms with E-state index in [4.69, 9.17) is 0 Å². The second-order valence-electron chi connectivity index (χ2n) is 3.58. The summed E-state index contributed by atoms with van der Waals surface area (Å²) in [5, 5.41) is 11.1. The lowest BCUT2D eigenvalue weighted by Crippen LogP contribution is -2.16. The Bertz CT molecular complexity index is 456. The Morgan fingerprint density at radius 2 is 1.94 bits per heavy atom. The first-order chi connectivity index (χ1) is 7.81. The summed E-state index contributed by atoms with van der Waals surface area (Å²) in [6.07, 6.45) is 1.68. The molecule has 0 saturated heterocycles. The van der Waals surface area contributed by atoms with Crippen LogP contribution < -0.4 is 5.32 Å². The van der Waals surface area contributed by atoms with Crippen LogP contribution in [0.5, 0.6) is 0 Å². The summed E-state index contributed by atoms with van der Waals surface area (Å²) in [6.45, 7) is 2.01. The Balaban J connectivity index is 2.36. The Hall–Kier alpha value is -1.81. The van der Waals surface area contributed by atoms with Gasteiger partial charge in [-0.2, -0.15) is 5.10 Å². The summed E-state index contributed by atoms with van der Waals surface area (Å²) in [7, 11) is 1.88. The van der Waals surface area contributed by atoms with E-state index in [0.717, 1.165) is 11.3 Å². The molecule has 1 aromatic carbocycles. The number of hydrogen-bond donors (Lipinski definition) is 1. The molecule has 0 bridgehead atoms. The lowest BCUT2D eigenvalue weighted by atomic mass is 10.2. The first kappa shape index (κ1) is 10.7. The standard InChI is InChI=1S/C12H14N4/c1-9(13-2)12-15-11(8-14-16-12)10-6-4-3-5-7-10/h3-9,13H,1-2H3. The Morgan fingerprint density at radius 3 is 2.62 bits per heavy atom. The lowest BCUT2D eigenvalue weighted by molar-refractivity contribution is 0.598. The molecule has 0 aliphatic rings. The van der Waals surface area contributed by atoms with Gasteiger partial charge < -0.3 is 5.32 Å². The van der Waals surface area contributed by atoms with Crippen LogP contribution in [0.15, 0.2) is 36.5 Å². The molecular weight excluding hydrogens is 200 g/mol. The second kappa shape index (κ2) is 4.81. The number of rotatable bonds is 3. The minimum atomic E-state index is 0.108. The highest BCUT2D eigenvalue weighted by atomic mass is 15.2. The van der Waals surface area contributed by atoms with Crippen LogP contribution in [0.4, 0.5) is 0 Å². The lowest BCUT2D eigenvalue weighted by Gasteiger charge is -2.08. The van der Waals surface area contributed by atoms with Gasteiger partial charge in [-0.25, -0.2) is 4.98 Å². The van der Waals surface area contributed by atoms with Crippen LogP contribution in [0, 0.1) is 0 Å². The minimum absolute atomic E-state index is 0.108. The predicted octanol–water partition coefficient (Wildman–Crippen LogP) is 1.82. The van der Waals surface area contributed by atoms with Gasteiger partial charge >= 0.3 is 0 Å². The van der Waals surface area contributed by atoms with Crippen LogP contribution in [0.2, 0.25) is 0 Å². The summed E-state index contributed by atoms with van der Waals surface area (Å²) >= 11 is 0. The monoisotopic (exact) mass is 214 g/mol. The van der Waals surface area contributed by atoms with Gasteiger partial charge in [-0.15, -0.1) is 5.10 Å². The molecule has 0 saturated carbocycles. The summed E-state index contributed by atoms with van der Waals surface area (Å²) in [5.41, 5.74) is 1.91. The van der Waals surface area contributed by atoms with Gasteiger partial charge in [-0.05, 0) is 14.0 Å². The quantitative estimate of drug-likeness (QED) is 0.846. The maximum atomic E-state index is 4.48. The van der Waals surface area contributed by atoms with Gasteiger partial charge in [0.1, 0.15) is 0 Å². The van der Waals surface area contributed by atoms with Crippen molar-refractivity contribution in [3.05, 3.63) is 42.4 Å². The fourth-order valence-electron chi connectivity index (χ4n) is 1.38. The number of aromatic nitrogens is 3. The molecule has 2 aromatic rings. The summed E-state index contributed by atoms with van der Waals surface area (Å²) in [5.74, 6) is 0.712. The second-order valence-corrected chi connectivity index (χ2v) is 3.58. The highest BCUT2D eigenvalue weighted by Gasteiger charge is 2.08. The number of nitrogens with zero attached hydrogens (tertiary/aromatic N) is 3. The largest absolute Gasteiger partial charge is 0.311 e. The van der Waals surface area contributed by atoms with E-state index in [9.17, 15) is 0 Å². The fraction of sp³-hybridized carbons (Fsp3) is 0.250. The van der Waals surface area contributed by atoms with Crippen molar-refractivity contribution in [3.8, 4) is 11.3 Å². The maximum Gasteiger partial charge on any atom is 0.168 e. The zero-order chi connectivity index (χ0) is 11.4. The molecule has 1 heterocycles. The van der Waals surface area contributed by atoms with Gasteiger partial charge in [-0.1, -0.05) is 30.3 Å². The summed E-state index contributed by atoms with van der Waals surface area (Å²) in [4.78, 5) is 4.48. The Kier molecular flexibility index (Phi) is 3.22. The molecular formula is C12H14N4. The topological polar surface area (TPSA) is 50.7 Å². The van der Waals surface area contributed by atoms with Crippen molar-refractivity contribution in [1.29, 1.82) is 0 Å². The third-order valence-electron chi connectivity index (χ3n) is 2.47. The van der Waals surface area contributed by atoms with E-state index < -0.39 is 0 Å². The van der Waals surface area contributed by atoms with Crippen LogP contribution in [0.25, 0.3) is 11.3 Å². The van der Waals surface area contributed by atoms with E-state index in [1.807, 2.05) is 44.3 Å². The molecule has 82 valence electrons. The summed E-state index contributed by atoms with van der Waals surface area (Å²) < 4.78 is 0. The normalized spacial score (nSPS) is 12.4. The third-order valence-corrected chi connectivity index (χ3v) is 2.47. The first-order valence-electron chi connectivity index (χ1n) is 5.23. The Labute approximate surface area is 94.8 Å². The van der Waals surface area contributed by atoms with Gasteiger partial charge in [-0.3, -0.25) is 0 Å². The van der Waals surface area contributed by atoms with Crippen molar-refractivity contribution in [3.63, 3.8) is 0 Å². The smallest absolute Gasteiger partial charge is 0.168 e. The van der Waals surface area contributed by atoms with Gasteiger partial charge in [0.2, 0.25) is 0 Å². The van der Waals surface area contributed by atoms with Crippen LogP contribution in [0.1, 0.15) is 18.8 Å². The van der Waals surface area contributed by atoms with Crippen molar-refractivity contribution in [2.24, 2.45) is 0 Å². The van der Waals surface area contributed by atoms with Crippen molar-refractivity contribution < 1.29 is 0 Å². The molecule has 1 N–H and O–H groups in total. The molecule has 1 aromatic heterocycles. The molecule has 0 amide bonds. The Morgan fingerprint density at radius 1 is 1.19 bits per heavy atom. The molecule has 0 spiro atoms. The van der Waals surface area contributed by atoms with E-state index in [1.165, 1.54) is 0 Å². The molecule has 1 unspecified atom stereocenters. The highest BCUT2D eigenvalue weighted by molar-refractivity contribution is 5.57. The van der Waals surface area contributed by atoms with Crippen molar-refractivity contribution >= 4 is 0 Å². The van der Waals surface area contributed by atoms with Crippen LogP contribution in [-0.4, -0.2) is 22.2 Å². The van der Waals surface area contributed by atoms with E-state index in [-0.39, 0.29) is 6.04 Å².